The van der Waals surface area contributed by atoms with Crippen LogP contribution in [0.25, 0.3) is 5.82 Å². The number of halogens is 3. The van der Waals surface area contributed by atoms with E-state index in [9.17, 15) is 18.0 Å². The van der Waals surface area contributed by atoms with Crippen molar-refractivity contribution in [2.45, 2.75) is 31.6 Å². The van der Waals surface area contributed by atoms with Crippen LogP contribution in [-0.2, 0) is 17.5 Å². The first kappa shape index (κ1) is 18.1. The highest BCUT2D eigenvalue weighted by Crippen LogP contribution is 2.27. The van der Waals surface area contributed by atoms with Crippen LogP contribution in [0.2, 0.25) is 0 Å². The second-order valence-electron chi connectivity index (χ2n) is 5.73. The summed E-state index contributed by atoms with van der Waals surface area (Å²) in [4.78, 5) is 19.1. The van der Waals surface area contributed by atoms with Gasteiger partial charge in [-0.05, 0) is 19.4 Å². The molecular formula is C15H17F3N6O2. The maximum atomic E-state index is 12.6. The minimum Gasteiger partial charge on any atom is -0.480 e. The summed E-state index contributed by atoms with van der Waals surface area (Å²) in [6.45, 7) is 0.986. The molecule has 1 fully saturated rings. The minimum absolute atomic E-state index is 0.103. The van der Waals surface area contributed by atoms with Crippen LogP contribution in [0.4, 0.5) is 13.2 Å². The molecule has 0 aliphatic carbocycles. The third-order valence-corrected chi connectivity index (χ3v) is 3.94. The molecule has 11 heteroatoms. The van der Waals surface area contributed by atoms with Crippen molar-refractivity contribution in [2.24, 2.45) is 0 Å². The molecule has 1 unspecified atom stereocenters. The van der Waals surface area contributed by atoms with E-state index < -0.39 is 11.9 Å². The topological polar surface area (TPSA) is 94.0 Å². The predicted molar refractivity (Wildman–Crippen MR) is 83.6 cm³/mol. The third kappa shape index (κ3) is 3.93. The molecular weight excluding hydrogens is 353 g/mol. The maximum absolute atomic E-state index is 12.6. The van der Waals surface area contributed by atoms with E-state index in [1.807, 2.05) is 0 Å². The lowest BCUT2D eigenvalue weighted by atomic mass is 10.2. The number of hydrogen-bond donors (Lipinski definition) is 2. The Bertz CT molecular complexity index is 769. The number of methoxy groups -OCH3 is 1. The number of carbonyl (C=O) groups excluding carboxylic acids is 1. The maximum Gasteiger partial charge on any atom is 0.434 e. The van der Waals surface area contributed by atoms with Crippen LogP contribution in [-0.4, -0.2) is 45.4 Å². The van der Waals surface area contributed by atoms with Crippen molar-refractivity contribution < 1.29 is 22.7 Å². The van der Waals surface area contributed by atoms with Gasteiger partial charge in [0, 0.05) is 12.7 Å². The van der Waals surface area contributed by atoms with Gasteiger partial charge in [-0.25, -0.2) is 14.6 Å². The van der Waals surface area contributed by atoms with Crippen LogP contribution in [0.3, 0.4) is 0 Å². The van der Waals surface area contributed by atoms with Crippen LogP contribution < -0.4 is 15.4 Å². The van der Waals surface area contributed by atoms with Crippen LogP contribution in [0.1, 0.15) is 24.1 Å². The van der Waals surface area contributed by atoms with Crippen LogP contribution >= 0.6 is 0 Å². The van der Waals surface area contributed by atoms with Crippen LogP contribution in [0, 0.1) is 0 Å². The zero-order chi connectivity index (χ0) is 18.7. The van der Waals surface area contributed by atoms with E-state index in [2.05, 4.69) is 25.7 Å². The number of aromatic nitrogens is 4. The molecule has 0 aromatic carbocycles. The average Bonchev–Trinajstić information content (AvgIpc) is 3.28. The van der Waals surface area contributed by atoms with Crippen molar-refractivity contribution in [1.29, 1.82) is 0 Å². The lowest BCUT2D eigenvalue weighted by molar-refractivity contribution is -0.141. The molecule has 1 aliphatic rings. The molecule has 2 aromatic heterocycles. The summed E-state index contributed by atoms with van der Waals surface area (Å²) >= 11 is 0. The quantitative estimate of drug-likeness (QED) is 0.817. The van der Waals surface area contributed by atoms with E-state index >= 15 is 0 Å². The monoisotopic (exact) mass is 370 g/mol. The molecule has 1 atom stereocenters. The Balaban J connectivity index is 1.72. The molecule has 3 heterocycles. The standard InChI is InChI=1S/C15H17F3N6O2/c1-26-14-9(5-22-13(25)10-3-2-4-19-10)8-24(23-14)12-7-20-11(6-21-12)15(16,17)18/h6-8,10,19H,2-5H2,1H3,(H,22,25). The van der Waals surface area contributed by atoms with Crippen molar-refractivity contribution in [1.82, 2.24) is 30.4 Å². The number of amides is 1. The Morgan fingerprint density at radius 2 is 2.23 bits per heavy atom. The molecule has 1 aliphatic heterocycles. The molecule has 8 nitrogen and oxygen atoms in total. The number of alkyl halides is 3. The van der Waals surface area contributed by atoms with E-state index in [1.54, 1.807) is 0 Å². The normalized spacial score (nSPS) is 17.3. The fourth-order valence-electron chi connectivity index (χ4n) is 2.60. The second kappa shape index (κ2) is 7.28. The van der Waals surface area contributed by atoms with E-state index in [-0.39, 0.29) is 30.2 Å². The van der Waals surface area contributed by atoms with Gasteiger partial charge in [0.2, 0.25) is 11.8 Å². The van der Waals surface area contributed by atoms with E-state index in [1.165, 1.54) is 18.0 Å². The zero-order valence-corrected chi connectivity index (χ0v) is 13.9. The van der Waals surface area contributed by atoms with E-state index in [4.69, 9.17) is 4.74 Å². The van der Waals surface area contributed by atoms with Gasteiger partial charge in [-0.15, -0.1) is 5.10 Å². The molecule has 0 spiro atoms. The molecule has 2 aromatic rings. The molecule has 26 heavy (non-hydrogen) atoms. The van der Waals surface area contributed by atoms with Gasteiger partial charge < -0.3 is 15.4 Å². The first-order valence-corrected chi connectivity index (χ1v) is 7.91. The highest BCUT2D eigenvalue weighted by Gasteiger charge is 2.33. The van der Waals surface area contributed by atoms with Gasteiger partial charge in [0.05, 0.1) is 31.1 Å². The first-order chi connectivity index (χ1) is 12.4. The number of nitrogens with zero attached hydrogens (tertiary/aromatic N) is 4. The van der Waals surface area contributed by atoms with Gasteiger partial charge in [0.15, 0.2) is 11.5 Å². The lowest BCUT2D eigenvalue weighted by Crippen LogP contribution is -2.40. The Hall–Kier alpha value is -2.69. The number of carbonyl (C=O) groups is 1. The average molecular weight is 370 g/mol. The van der Waals surface area contributed by atoms with Gasteiger partial charge >= 0.3 is 6.18 Å². The Labute approximate surface area is 146 Å². The van der Waals surface area contributed by atoms with E-state index in [0.29, 0.717) is 11.8 Å². The Kier molecular flexibility index (Phi) is 5.07. The third-order valence-electron chi connectivity index (χ3n) is 3.94. The number of nitrogens with one attached hydrogen (secondary N) is 2. The van der Waals surface area contributed by atoms with Crippen LogP contribution in [0.15, 0.2) is 18.6 Å². The SMILES string of the molecule is COc1nn(-c2cnc(C(F)(F)F)cn2)cc1CNC(=O)C1CCCN1. The highest BCUT2D eigenvalue weighted by molar-refractivity contribution is 5.82. The number of hydrogen-bond acceptors (Lipinski definition) is 6. The van der Waals surface area contributed by atoms with Gasteiger partial charge in [0.25, 0.3) is 0 Å². The fraction of sp³-hybridized carbons (Fsp3) is 0.467. The highest BCUT2D eigenvalue weighted by atomic mass is 19.4. The number of rotatable bonds is 5. The summed E-state index contributed by atoms with van der Waals surface area (Å²) < 4.78 is 44.1. The Morgan fingerprint density at radius 1 is 1.42 bits per heavy atom. The summed E-state index contributed by atoms with van der Waals surface area (Å²) in [5.74, 6) is 0.226. The van der Waals surface area contributed by atoms with Crippen molar-refractivity contribution in [2.75, 3.05) is 13.7 Å². The molecule has 2 N–H and O–H groups in total. The molecule has 1 amide bonds. The van der Waals surface area contributed by atoms with Crippen molar-refractivity contribution in [3.05, 3.63) is 29.8 Å². The van der Waals surface area contributed by atoms with Gasteiger partial charge in [-0.2, -0.15) is 13.2 Å². The molecule has 3 rings (SSSR count). The molecule has 140 valence electrons. The van der Waals surface area contributed by atoms with Gasteiger partial charge in [0.1, 0.15) is 0 Å². The summed E-state index contributed by atoms with van der Waals surface area (Å²) in [6, 6.07) is -0.211. The summed E-state index contributed by atoms with van der Waals surface area (Å²) in [5, 5.41) is 10.00. The predicted octanol–water partition coefficient (Wildman–Crippen LogP) is 1.06. The van der Waals surface area contributed by atoms with E-state index in [0.717, 1.165) is 25.6 Å². The smallest absolute Gasteiger partial charge is 0.434 e. The molecule has 0 bridgehead atoms. The van der Waals surface area contributed by atoms with Crippen LogP contribution in [0.5, 0.6) is 5.88 Å². The lowest BCUT2D eigenvalue weighted by Gasteiger charge is -2.10. The molecule has 0 saturated carbocycles. The largest absolute Gasteiger partial charge is 0.480 e. The van der Waals surface area contributed by atoms with Crippen molar-refractivity contribution in [3.8, 4) is 11.7 Å². The minimum atomic E-state index is -4.56. The van der Waals surface area contributed by atoms with Gasteiger partial charge in [-0.1, -0.05) is 0 Å². The number of ether oxygens (including phenoxy) is 1. The molecule has 1 saturated heterocycles. The Morgan fingerprint density at radius 3 is 2.81 bits per heavy atom. The summed E-state index contributed by atoms with van der Waals surface area (Å²) in [6.07, 6.45) is 0.307. The fourth-order valence-corrected chi connectivity index (χ4v) is 2.60. The summed E-state index contributed by atoms with van der Waals surface area (Å²) in [7, 11) is 1.41. The van der Waals surface area contributed by atoms with Crippen molar-refractivity contribution in [3.63, 3.8) is 0 Å². The van der Waals surface area contributed by atoms with Crippen molar-refractivity contribution >= 4 is 5.91 Å². The summed E-state index contributed by atoms with van der Waals surface area (Å²) in [5.41, 5.74) is -0.516. The first-order valence-electron chi connectivity index (χ1n) is 7.91. The molecule has 0 radical (unpaired) electrons. The second-order valence-corrected chi connectivity index (χ2v) is 5.73. The zero-order valence-electron chi connectivity index (χ0n) is 13.9. The van der Waals surface area contributed by atoms with Gasteiger partial charge in [-0.3, -0.25) is 4.79 Å².